The van der Waals surface area contributed by atoms with Crippen molar-refractivity contribution in [1.82, 2.24) is 0 Å². The summed E-state index contributed by atoms with van der Waals surface area (Å²) in [6, 6.07) is 14.3. The predicted octanol–water partition coefficient (Wildman–Crippen LogP) is 4.63. The van der Waals surface area contributed by atoms with Crippen LogP contribution in [0.3, 0.4) is 0 Å². The number of anilines is 1. The van der Waals surface area contributed by atoms with Gasteiger partial charge in [0.15, 0.2) is 0 Å². The lowest BCUT2D eigenvalue weighted by atomic mass is 9.98. The van der Waals surface area contributed by atoms with Gasteiger partial charge in [-0.25, -0.2) is 8.42 Å². The molecule has 3 atom stereocenters. The van der Waals surface area contributed by atoms with E-state index in [9.17, 15) is 8.42 Å². The zero-order chi connectivity index (χ0) is 25.4. The van der Waals surface area contributed by atoms with E-state index in [0.29, 0.717) is 37.7 Å². The van der Waals surface area contributed by atoms with Crippen molar-refractivity contribution >= 4 is 15.7 Å². The van der Waals surface area contributed by atoms with Gasteiger partial charge in [-0.2, -0.15) is 0 Å². The van der Waals surface area contributed by atoms with E-state index in [1.165, 1.54) is 4.31 Å². The number of sulfonamides is 1. The molecular weight excluding hydrogens is 466 g/mol. The summed E-state index contributed by atoms with van der Waals surface area (Å²) in [5.41, 5.74) is 3.29. The van der Waals surface area contributed by atoms with Gasteiger partial charge < -0.3 is 18.9 Å². The summed E-state index contributed by atoms with van der Waals surface area (Å²) in [4.78, 5) is 0.226. The van der Waals surface area contributed by atoms with E-state index >= 15 is 0 Å². The monoisotopic (exact) mass is 503 g/mol. The molecule has 0 spiro atoms. The van der Waals surface area contributed by atoms with Gasteiger partial charge in [0.25, 0.3) is 10.0 Å². The molecule has 0 unspecified atom stereocenters. The van der Waals surface area contributed by atoms with Crippen molar-refractivity contribution in [1.29, 1.82) is 0 Å². The van der Waals surface area contributed by atoms with Crippen molar-refractivity contribution in [3.63, 3.8) is 0 Å². The van der Waals surface area contributed by atoms with Crippen molar-refractivity contribution in [2.45, 2.75) is 57.8 Å². The molecule has 0 N–H and O–H groups in total. The van der Waals surface area contributed by atoms with Gasteiger partial charge in [0.05, 0.1) is 30.0 Å². The summed E-state index contributed by atoms with van der Waals surface area (Å²) >= 11 is 0. The van der Waals surface area contributed by atoms with Crippen molar-refractivity contribution in [2.75, 3.05) is 37.3 Å². The fourth-order valence-electron chi connectivity index (χ4n) is 4.02. The van der Waals surface area contributed by atoms with E-state index in [2.05, 4.69) is 0 Å². The van der Waals surface area contributed by atoms with Crippen molar-refractivity contribution in [3.05, 3.63) is 71.5 Å². The molecule has 0 aromatic heterocycles. The van der Waals surface area contributed by atoms with Crippen LogP contribution in [0, 0.1) is 13.8 Å². The van der Waals surface area contributed by atoms with Crippen LogP contribution >= 0.6 is 0 Å². The molecular formula is C27H37NO6S. The van der Waals surface area contributed by atoms with Crippen LogP contribution in [0.5, 0.6) is 0 Å². The maximum Gasteiger partial charge on any atom is 0.264 e. The fraction of sp³-hybridized carbons (Fsp3) is 0.481. The number of nitrogens with zero attached hydrogens (tertiary/aromatic N) is 1. The summed E-state index contributed by atoms with van der Waals surface area (Å²) in [6.07, 6.45) is 0.372. The Kier molecular flexibility index (Phi) is 9.74. The molecule has 192 valence electrons. The van der Waals surface area contributed by atoms with Gasteiger partial charge in [0.2, 0.25) is 0 Å². The Hall–Kier alpha value is -2.39. The Labute approximate surface area is 209 Å². The highest BCUT2D eigenvalue weighted by Gasteiger charge is 2.40. The van der Waals surface area contributed by atoms with E-state index in [-0.39, 0.29) is 17.5 Å². The normalized spacial score (nSPS) is 20.3. The quantitative estimate of drug-likeness (QED) is 0.421. The molecule has 1 aliphatic heterocycles. The lowest BCUT2D eigenvalue weighted by molar-refractivity contribution is -0.138. The van der Waals surface area contributed by atoms with E-state index in [0.717, 1.165) is 11.1 Å². The third kappa shape index (κ3) is 6.64. The number of aryl methyl sites for hydroxylation is 2. The average Bonchev–Trinajstić information content (AvgIpc) is 2.84. The van der Waals surface area contributed by atoms with Crippen LogP contribution in [0.2, 0.25) is 0 Å². The van der Waals surface area contributed by atoms with Crippen LogP contribution in [0.1, 0.15) is 31.9 Å². The first kappa shape index (κ1) is 27.2. The van der Waals surface area contributed by atoms with Gasteiger partial charge in [-0.3, -0.25) is 4.31 Å². The highest BCUT2D eigenvalue weighted by molar-refractivity contribution is 7.92. The van der Waals surface area contributed by atoms with Crippen LogP contribution in [-0.2, 0) is 29.0 Å². The highest BCUT2D eigenvalue weighted by atomic mass is 32.2. The molecule has 0 amide bonds. The lowest BCUT2D eigenvalue weighted by Gasteiger charge is -2.39. The van der Waals surface area contributed by atoms with Crippen molar-refractivity contribution in [3.8, 4) is 0 Å². The smallest absolute Gasteiger partial charge is 0.264 e. The molecule has 0 radical (unpaired) electrons. The van der Waals surface area contributed by atoms with E-state index in [1.54, 1.807) is 30.5 Å². The second kappa shape index (κ2) is 12.5. The zero-order valence-electron chi connectivity index (χ0n) is 21.3. The maximum atomic E-state index is 13.8. The molecule has 0 bridgehead atoms. The number of hydrogen-bond acceptors (Lipinski definition) is 6. The molecule has 8 heteroatoms. The second-order valence-electron chi connectivity index (χ2n) is 8.48. The lowest BCUT2D eigenvalue weighted by Crippen LogP contribution is -2.50. The predicted molar refractivity (Wildman–Crippen MR) is 137 cm³/mol. The minimum atomic E-state index is -3.86. The maximum absolute atomic E-state index is 13.8. The Balaban J connectivity index is 2.02. The Morgan fingerprint density at radius 2 is 1.46 bits per heavy atom. The highest BCUT2D eigenvalue weighted by Crippen LogP contribution is 2.31. The van der Waals surface area contributed by atoms with Crippen LogP contribution in [0.25, 0.3) is 0 Å². The Morgan fingerprint density at radius 1 is 0.857 bits per heavy atom. The van der Waals surface area contributed by atoms with Crippen LogP contribution in [-0.4, -0.2) is 59.7 Å². The molecule has 0 fully saturated rings. The summed E-state index contributed by atoms with van der Waals surface area (Å²) in [5.74, 6) is 0. The summed E-state index contributed by atoms with van der Waals surface area (Å²) in [5, 5.41) is 0. The topological polar surface area (TPSA) is 74.3 Å². The van der Waals surface area contributed by atoms with Crippen LogP contribution in [0.15, 0.2) is 65.3 Å². The van der Waals surface area contributed by atoms with Crippen LogP contribution < -0.4 is 4.31 Å². The molecule has 2 aromatic carbocycles. The molecule has 0 aliphatic carbocycles. The van der Waals surface area contributed by atoms with Crippen LogP contribution in [0.4, 0.5) is 5.69 Å². The number of ether oxygens (including phenoxy) is 4. The third-order valence-corrected chi connectivity index (χ3v) is 7.66. The van der Waals surface area contributed by atoms with Gasteiger partial charge in [-0.05, 0) is 58.9 Å². The first-order valence-corrected chi connectivity index (χ1v) is 13.6. The third-order valence-electron chi connectivity index (χ3n) is 5.87. The van der Waals surface area contributed by atoms with Gasteiger partial charge in [0, 0.05) is 25.4 Å². The minimum absolute atomic E-state index is 0.0644. The minimum Gasteiger partial charge on any atom is -0.493 e. The second-order valence-corrected chi connectivity index (χ2v) is 10.3. The van der Waals surface area contributed by atoms with Crippen molar-refractivity contribution < 1.29 is 27.4 Å². The van der Waals surface area contributed by atoms with Gasteiger partial charge in [-0.15, -0.1) is 0 Å². The molecule has 0 saturated heterocycles. The summed E-state index contributed by atoms with van der Waals surface area (Å²) in [7, 11) is -3.86. The SMILES string of the molecule is CCOC[C@H]1OC=C(CN(c2ccc(C)cc2)S(=O)(=O)c2ccc(C)cc2)[C@@H](OCC)[C@@H]1OCC. The summed E-state index contributed by atoms with van der Waals surface area (Å²) < 4.78 is 52.9. The zero-order valence-corrected chi connectivity index (χ0v) is 22.1. The summed E-state index contributed by atoms with van der Waals surface area (Å²) in [6.45, 7) is 11.5. The molecule has 0 saturated carbocycles. The van der Waals surface area contributed by atoms with Gasteiger partial charge in [0.1, 0.15) is 18.3 Å². The molecule has 3 rings (SSSR count). The van der Waals surface area contributed by atoms with E-state index in [4.69, 9.17) is 18.9 Å². The molecule has 7 nitrogen and oxygen atoms in total. The Morgan fingerprint density at radius 3 is 2.03 bits per heavy atom. The first-order chi connectivity index (χ1) is 16.8. The Bertz CT molecular complexity index is 1070. The first-order valence-electron chi connectivity index (χ1n) is 12.1. The number of hydrogen-bond donors (Lipinski definition) is 0. The fourth-order valence-corrected chi connectivity index (χ4v) is 5.47. The standard InChI is InChI=1S/C27H37NO6S/c1-6-31-19-25-27(33-8-3)26(32-7-2)22(18-34-25)17-28(23-13-9-20(4)10-14-23)35(29,30)24-15-11-21(5)12-16-24/h9-16,18,25-27H,6-8,17,19H2,1-5H3/t25-,26-,27-/m1/s1. The molecule has 1 heterocycles. The average molecular weight is 504 g/mol. The largest absolute Gasteiger partial charge is 0.493 e. The number of benzene rings is 2. The number of rotatable bonds is 12. The molecule has 35 heavy (non-hydrogen) atoms. The van der Waals surface area contributed by atoms with E-state index in [1.807, 2.05) is 58.9 Å². The van der Waals surface area contributed by atoms with E-state index < -0.39 is 22.2 Å². The molecule has 2 aromatic rings. The molecule has 1 aliphatic rings. The van der Waals surface area contributed by atoms with Gasteiger partial charge >= 0.3 is 0 Å². The van der Waals surface area contributed by atoms with Gasteiger partial charge in [-0.1, -0.05) is 35.4 Å². The van der Waals surface area contributed by atoms with Crippen molar-refractivity contribution in [2.24, 2.45) is 0 Å².